The van der Waals surface area contributed by atoms with E-state index >= 15 is 0 Å². The largest absolute Gasteiger partial charge is 0.494 e. The van der Waals surface area contributed by atoms with Crippen molar-refractivity contribution >= 4 is 10.9 Å². The first-order chi connectivity index (χ1) is 12.9. The molecule has 0 aliphatic carbocycles. The van der Waals surface area contributed by atoms with Gasteiger partial charge in [-0.1, -0.05) is 25.1 Å². The third kappa shape index (κ3) is 2.61. The quantitative estimate of drug-likeness (QED) is 0.661. The van der Waals surface area contributed by atoms with E-state index in [0.29, 0.717) is 0 Å². The van der Waals surface area contributed by atoms with Gasteiger partial charge in [-0.2, -0.15) is 0 Å². The van der Waals surface area contributed by atoms with Crippen LogP contribution in [0.3, 0.4) is 0 Å². The first kappa shape index (κ1) is 17.6. The molecule has 0 saturated carbocycles. The summed E-state index contributed by atoms with van der Waals surface area (Å²) in [6.07, 6.45) is 0.867. The number of aromatic nitrogens is 3. The van der Waals surface area contributed by atoms with Crippen LogP contribution in [-0.4, -0.2) is 37.6 Å². The van der Waals surface area contributed by atoms with Gasteiger partial charge in [0.25, 0.3) is 5.56 Å². The lowest BCUT2D eigenvalue weighted by Gasteiger charge is -2.35. The third-order valence-corrected chi connectivity index (χ3v) is 5.48. The minimum absolute atomic E-state index is 0.220. The summed E-state index contributed by atoms with van der Waals surface area (Å²) in [5.74, 6) is -0.256. The van der Waals surface area contributed by atoms with Crippen LogP contribution in [-0.2, 0) is 6.42 Å². The van der Waals surface area contributed by atoms with Crippen LogP contribution in [0.25, 0.3) is 10.9 Å². The fourth-order valence-corrected chi connectivity index (χ4v) is 4.24. The maximum absolute atomic E-state index is 12.8. The Labute approximate surface area is 156 Å². The molecule has 0 amide bonds. The summed E-state index contributed by atoms with van der Waals surface area (Å²) in [4.78, 5) is 32.9. The molecule has 0 saturated heterocycles. The third-order valence-electron chi connectivity index (χ3n) is 5.48. The highest BCUT2D eigenvalue weighted by Gasteiger charge is 2.35. The zero-order valence-electron chi connectivity index (χ0n) is 15.7. The molecule has 1 aromatic carbocycles. The minimum Gasteiger partial charge on any atom is -0.494 e. The normalized spacial score (nSPS) is 17.6. The number of likely N-dealkylation sites (N-methyl/N-ethyl adjacent to an activating group) is 1. The molecule has 0 radical (unpaired) electrons. The molecule has 0 unspecified atom stereocenters. The van der Waals surface area contributed by atoms with E-state index in [9.17, 15) is 14.7 Å². The molecule has 4 rings (SSSR count). The Bertz CT molecular complexity index is 1120. The summed E-state index contributed by atoms with van der Waals surface area (Å²) < 4.78 is 1.24. The van der Waals surface area contributed by atoms with E-state index < -0.39 is 17.3 Å². The number of rotatable bonds is 3. The topological polar surface area (TPSA) is 94.1 Å². The highest BCUT2D eigenvalue weighted by Crippen LogP contribution is 2.39. The summed E-state index contributed by atoms with van der Waals surface area (Å²) in [5, 5.41) is 12.0. The Hall–Kier alpha value is -2.80. The maximum Gasteiger partial charge on any atom is 0.331 e. The van der Waals surface area contributed by atoms with E-state index in [2.05, 4.69) is 20.9 Å². The second-order valence-corrected chi connectivity index (χ2v) is 7.30. The van der Waals surface area contributed by atoms with Crippen LogP contribution in [0.2, 0.25) is 0 Å². The fraction of sp³-hybridized carbons (Fsp3) is 0.400. The first-order valence-electron chi connectivity index (χ1n) is 9.35. The summed E-state index contributed by atoms with van der Waals surface area (Å²) in [5.41, 5.74) is 2.19. The Kier molecular flexibility index (Phi) is 4.19. The van der Waals surface area contributed by atoms with Crippen LogP contribution in [0, 0.1) is 0 Å². The average molecular weight is 368 g/mol. The van der Waals surface area contributed by atoms with Crippen LogP contribution in [0.4, 0.5) is 0 Å². The Morgan fingerprint density at radius 2 is 1.96 bits per heavy atom. The number of fused-ring (bicyclic) bond motifs is 3. The number of hydrogen-bond donors (Lipinski definition) is 3. The summed E-state index contributed by atoms with van der Waals surface area (Å²) in [6.45, 7) is 7.13. The highest BCUT2D eigenvalue weighted by atomic mass is 16.3. The molecule has 7 heteroatoms. The molecule has 0 fully saturated rings. The molecule has 2 aromatic heterocycles. The van der Waals surface area contributed by atoms with Crippen molar-refractivity contribution in [1.29, 1.82) is 0 Å². The predicted molar refractivity (Wildman–Crippen MR) is 104 cm³/mol. The second-order valence-electron chi connectivity index (χ2n) is 7.30. The van der Waals surface area contributed by atoms with E-state index in [1.807, 2.05) is 25.1 Å². The van der Waals surface area contributed by atoms with Crippen LogP contribution < -0.4 is 11.2 Å². The number of aromatic amines is 2. The zero-order valence-corrected chi connectivity index (χ0v) is 15.7. The first-order valence-corrected chi connectivity index (χ1v) is 9.35. The summed E-state index contributed by atoms with van der Waals surface area (Å²) in [7, 11) is 0. The van der Waals surface area contributed by atoms with E-state index in [-0.39, 0.29) is 17.5 Å². The van der Waals surface area contributed by atoms with Crippen molar-refractivity contribution < 1.29 is 5.11 Å². The van der Waals surface area contributed by atoms with Crippen molar-refractivity contribution in [3.05, 3.63) is 61.9 Å². The van der Waals surface area contributed by atoms with Gasteiger partial charge in [-0.15, -0.1) is 0 Å². The smallest absolute Gasteiger partial charge is 0.331 e. The van der Waals surface area contributed by atoms with Crippen molar-refractivity contribution in [3.8, 4) is 5.88 Å². The number of aromatic hydroxyl groups is 1. The van der Waals surface area contributed by atoms with Crippen molar-refractivity contribution in [2.24, 2.45) is 0 Å². The van der Waals surface area contributed by atoms with Gasteiger partial charge in [0.1, 0.15) is 5.56 Å². The number of benzene rings is 1. The van der Waals surface area contributed by atoms with Gasteiger partial charge in [0.2, 0.25) is 5.88 Å². The SMILES string of the molecule is CCN1CCc2c([nH]c3ccccc23)[C@@H]1c1c(O)n(C(C)C)c(=O)[nH]c1=O. The second kappa shape index (κ2) is 6.42. The Morgan fingerprint density at radius 1 is 1.22 bits per heavy atom. The molecule has 3 N–H and O–H groups in total. The molecule has 142 valence electrons. The van der Waals surface area contributed by atoms with Crippen molar-refractivity contribution in [1.82, 2.24) is 19.4 Å². The predicted octanol–water partition coefficient (Wildman–Crippen LogP) is 2.27. The van der Waals surface area contributed by atoms with Gasteiger partial charge in [0.05, 0.1) is 6.04 Å². The number of para-hydroxylation sites is 1. The van der Waals surface area contributed by atoms with Crippen molar-refractivity contribution in [3.63, 3.8) is 0 Å². The Morgan fingerprint density at radius 3 is 2.67 bits per heavy atom. The summed E-state index contributed by atoms with van der Waals surface area (Å²) in [6, 6.07) is 7.36. The molecule has 1 aliphatic heterocycles. The number of nitrogens with one attached hydrogen (secondary N) is 2. The van der Waals surface area contributed by atoms with Crippen molar-refractivity contribution in [2.45, 2.75) is 39.3 Å². The van der Waals surface area contributed by atoms with Crippen molar-refractivity contribution in [2.75, 3.05) is 13.1 Å². The van der Waals surface area contributed by atoms with Gasteiger partial charge in [-0.25, -0.2) is 4.79 Å². The zero-order chi connectivity index (χ0) is 19.3. The van der Waals surface area contributed by atoms with Crippen LogP contribution in [0.1, 0.15) is 49.7 Å². The van der Waals surface area contributed by atoms with Gasteiger partial charge in [0, 0.05) is 29.2 Å². The van der Waals surface area contributed by atoms with Crippen LogP contribution in [0.15, 0.2) is 33.9 Å². The van der Waals surface area contributed by atoms with Gasteiger partial charge in [0.15, 0.2) is 0 Å². The minimum atomic E-state index is -0.591. The molecular formula is C20H24N4O3. The van der Waals surface area contributed by atoms with Gasteiger partial charge in [-0.05, 0) is 38.4 Å². The van der Waals surface area contributed by atoms with Gasteiger partial charge < -0.3 is 10.1 Å². The standard InChI is InChI=1S/C20H24N4O3/c1-4-23-10-9-13-12-7-5-6-8-14(12)21-16(13)17(23)15-18(25)22-20(27)24(11(2)3)19(15)26/h5-8,11,17,21,26H,4,9-10H2,1-3H3,(H,22,25,27)/t17-/m0/s1. The highest BCUT2D eigenvalue weighted by molar-refractivity contribution is 5.85. The Balaban J connectivity index is 2.03. The van der Waals surface area contributed by atoms with E-state index in [4.69, 9.17) is 0 Å². The molecule has 3 heterocycles. The molecule has 1 aliphatic rings. The molecule has 7 nitrogen and oxygen atoms in total. The van der Waals surface area contributed by atoms with E-state index in [0.717, 1.165) is 36.1 Å². The maximum atomic E-state index is 12.8. The number of hydrogen-bond acceptors (Lipinski definition) is 4. The lowest BCUT2D eigenvalue weighted by atomic mass is 9.93. The monoisotopic (exact) mass is 368 g/mol. The van der Waals surface area contributed by atoms with Gasteiger partial charge in [-0.3, -0.25) is 19.2 Å². The number of H-pyrrole nitrogens is 2. The van der Waals surface area contributed by atoms with Crippen LogP contribution >= 0.6 is 0 Å². The molecule has 1 atom stereocenters. The van der Waals surface area contributed by atoms with Gasteiger partial charge >= 0.3 is 5.69 Å². The van der Waals surface area contributed by atoms with E-state index in [1.165, 1.54) is 10.1 Å². The lowest BCUT2D eigenvalue weighted by Crippen LogP contribution is -2.41. The molecule has 3 aromatic rings. The lowest BCUT2D eigenvalue weighted by molar-refractivity contribution is 0.213. The number of nitrogens with zero attached hydrogens (tertiary/aromatic N) is 2. The molecular weight excluding hydrogens is 344 g/mol. The average Bonchev–Trinajstić information content (AvgIpc) is 3.00. The fourth-order valence-electron chi connectivity index (χ4n) is 4.24. The molecule has 0 spiro atoms. The molecule has 27 heavy (non-hydrogen) atoms. The summed E-state index contributed by atoms with van der Waals surface area (Å²) >= 11 is 0. The molecule has 0 bridgehead atoms. The van der Waals surface area contributed by atoms with E-state index in [1.54, 1.807) is 13.8 Å². The van der Waals surface area contributed by atoms with Crippen LogP contribution in [0.5, 0.6) is 5.88 Å².